The number of fused-ring (bicyclic) bond motifs is 1. The predicted octanol–water partition coefficient (Wildman–Crippen LogP) is 8.92. The summed E-state index contributed by atoms with van der Waals surface area (Å²) in [5.41, 5.74) is 4.12. The minimum atomic E-state index is -2.67. The standard InChI is InChI=1S/C40H37NO2Si/c1-40(2,3)44(37-13-6-4-7-14-37,38-15-8-5-9-16-38)43-36-28-21-32(22-29-36)30-42-35-26-19-31(20-27-35)18-24-34-25-23-33-12-10-11-17-39(33)41-34/h4-29H,30H2,1-3H3. The Hall–Kier alpha value is -4.93. The van der Waals surface area contributed by atoms with Crippen LogP contribution >= 0.6 is 0 Å². The SMILES string of the molecule is CC(C)(C)[Si](Oc1ccc(COc2ccc(C=Cc3ccc4ccccc4n3)cc2)cc1)(c1ccccc1)c1ccccc1. The third kappa shape index (κ3) is 6.36. The van der Waals surface area contributed by atoms with E-state index in [-0.39, 0.29) is 5.04 Å². The molecule has 44 heavy (non-hydrogen) atoms. The van der Waals surface area contributed by atoms with Crippen molar-refractivity contribution in [1.82, 2.24) is 4.98 Å². The molecular weight excluding hydrogens is 555 g/mol. The van der Waals surface area contributed by atoms with Crippen LogP contribution in [0, 0.1) is 0 Å². The zero-order chi connectivity index (χ0) is 30.4. The molecule has 1 heterocycles. The molecule has 6 aromatic rings. The lowest BCUT2D eigenvalue weighted by Crippen LogP contribution is -2.68. The largest absolute Gasteiger partial charge is 0.534 e. The number of hydrogen-bond donors (Lipinski definition) is 0. The van der Waals surface area contributed by atoms with E-state index >= 15 is 0 Å². The van der Waals surface area contributed by atoms with Gasteiger partial charge in [0.2, 0.25) is 0 Å². The van der Waals surface area contributed by atoms with Gasteiger partial charge in [0.15, 0.2) is 0 Å². The molecule has 0 aliphatic carbocycles. The zero-order valence-electron chi connectivity index (χ0n) is 25.5. The number of para-hydroxylation sites is 1. The fourth-order valence-corrected chi connectivity index (χ4v) is 10.1. The van der Waals surface area contributed by atoms with E-state index in [4.69, 9.17) is 14.1 Å². The minimum absolute atomic E-state index is 0.0924. The Morgan fingerprint density at radius 1 is 0.591 bits per heavy atom. The third-order valence-electron chi connectivity index (χ3n) is 7.96. The second-order valence-corrected chi connectivity index (χ2v) is 16.3. The first-order valence-corrected chi connectivity index (χ1v) is 17.0. The molecule has 5 aromatic carbocycles. The van der Waals surface area contributed by atoms with Gasteiger partial charge < -0.3 is 9.16 Å². The average Bonchev–Trinajstić information content (AvgIpc) is 3.06. The first kappa shape index (κ1) is 29.2. The molecule has 218 valence electrons. The first-order chi connectivity index (χ1) is 21.4. The molecule has 0 unspecified atom stereocenters. The summed E-state index contributed by atoms with van der Waals surface area (Å²) in [6.45, 7) is 7.37. The summed E-state index contributed by atoms with van der Waals surface area (Å²) in [4.78, 5) is 4.72. The van der Waals surface area contributed by atoms with Crippen molar-refractivity contribution < 1.29 is 9.16 Å². The quantitative estimate of drug-likeness (QED) is 0.157. The number of rotatable bonds is 9. The number of benzene rings is 5. The average molecular weight is 592 g/mol. The molecule has 0 bridgehead atoms. The van der Waals surface area contributed by atoms with Gasteiger partial charge in [0.1, 0.15) is 18.1 Å². The van der Waals surface area contributed by atoms with Crippen molar-refractivity contribution in [2.24, 2.45) is 0 Å². The van der Waals surface area contributed by atoms with Crippen molar-refractivity contribution in [3.63, 3.8) is 0 Å². The van der Waals surface area contributed by atoms with Crippen LogP contribution in [-0.2, 0) is 6.61 Å². The van der Waals surface area contributed by atoms with Gasteiger partial charge in [-0.3, -0.25) is 0 Å². The minimum Gasteiger partial charge on any atom is -0.534 e. The van der Waals surface area contributed by atoms with Crippen molar-refractivity contribution in [1.29, 1.82) is 0 Å². The maximum atomic E-state index is 7.13. The number of ether oxygens (including phenoxy) is 1. The van der Waals surface area contributed by atoms with Crippen molar-refractivity contribution in [3.8, 4) is 11.5 Å². The highest BCUT2D eigenvalue weighted by Crippen LogP contribution is 2.37. The topological polar surface area (TPSA) is 31.4 Å². The van der Waals surface area contributed by atoms with Crippen LogP contribution in [0.5, 0.6) is 11.5 Å². The van der Waals surface area contributed by atoms with Gasteiger partial charge in [-0.05, 0) is 69.0 Å². The van der Waals surface area contributed by atoms with Crippen LogP contribution in [0.4, 0.5) is 0 Å². The number of pyridine rings is 1. The Kier molecular flexibility index (Phi) is 8.44. The molecule has 0 saturated carbocycles. The van der Waals surface area contributed by atoms with Crippen LogP contribution in [0.1, 0.15) is 37.6 Å². The summed E-state index contributed by atoms with van der Waals surface area (Å²) >= 11 is 0. The second kappa shape index (κ2) is 12.7. The summed E-state index contributed by atoms with van der Waals surface area (Å²) < 4.78 is 13.3. The molecule has 0 N–H and O–H groups in total. The van der Waals surface area contributed by atoms with Gasteiger partial charge in [-0.15, -0.1) is 0 Å². The monoisotopic (exact) mass is 591 g/mol. The molecule has 0 aliphatic heterocycles. The van der Waals surface area contributed by atoms with Crippen molar-refractivity contribution in [2.75, 3.05) is 0 Å². The second-order valence-electron chi connectivity index (χ2n) is 12.0. The Balaban J connectivity index is 1.13. The van der Waals surface area contributed by atoms with Gasteiger partial charge in [0.05, 0.1) is 11.2 Å². The summed E-state index contributed by atoms with van der Waals surface area (Å²) in [5, 5.41) is 3.58. The van der Waals surface area contributed by atoms with Gasteiger partial charge in [-0.2, -0.15) is 0 Å². The maximum absolute atomic E-state index is 7.13. The summed E-state index contributed by atoms with van der Waals surface area (Å²) in [5.74, 6) is 1.71. The van der Waals surface area contributed by atoms with Crippen molar-refractivity contribution >= 4 is 41.7 Å². The van der Waals surface area contributed by atoms with Gasteiger partial charge in [0, 0.05) is 5.39 Å². The molecule has 6 rings (SSSR count). The Morgan fingerprint density at radius 3 is 1.82 bits per heavy atom. The van der Waals surface area contributed by atoms with Gasteiger partial charge in [-0.1, -0.05) is 136 Å². The molecule has 0 aliphatic rings. The highest BCUT2D eigenvalue weighted by Gasteiger charge is 2.52. The Labute approximate surface area is 261 Å². The number of nitrogens with zero attached hydrogens (tertiary/aromatic N) is 1. The highest BCUT2D eigenvalue weighted by atomic mass is 28.4. The van der Waals surface area contributed by atoms with Crippen LogP contribution in [0.15, 0.2) is 146 Å². The normalized spacial score (nSPS) is 12.0. The first-order valence-electron chi connectivity index (χ1n) is 15.1. The van der Waals surface area contributed by atoms with E-state index in [1.165, 1.54) is 10.4 Å². The summed E-state index contributed by atoms with van der Waals surface area (Å²) in [7, 11) is -2.67. The molecule has 0 fully saturated rings. The van der Waals surface area contributed by atoms with E-state index in [1.807, 2.05) is 42.5 Å². The lowest BCUT2D eigenvalue weighted by molar-refractivity contribution is 0.306. The lowest BCUT2D eigenvalue weighted by Gasteiger charge is -2.43. The molecular formula is C40H37NO2Si. The lowest BCUT2D eigenvalue weighted by atomic mass is 10.1. The van der Waals surface area contributed by atoms with Crippen LogP contribution in [0.25, 0.3) is 23.1 Å². The maximum Gasteiger partial charge on any atom is 0.319 e. The smallest absolute Gasteiger partial charge is 0.319 e. The van der Waals surface area contributed by atoms with Gasteiger partial charge in [0.25, 0.3) is 0 Å². The summed E-state index contributed by atoms with van der Waals surface area (Å²) in [6.07, 6.45) is 4.12. The molecule has 0 spiro atoms. The van der Waals surface area contributed by atoms with E-state index in [0.717, 1.165) is 39.2 Å². The fourth-order valence-electron chi connectivity index (χ4n) is 5.68. The van der Waals surface area contributed by atoms with E-state index in [0.29, 0.717) is 6.61 Å². The van der Waals surface area contributed by atoms with Crippen molar-refractivity contribution in [3.05, 3.63) is 162 Å². The van der Waals surface area contributed by atoms with Crippen LogP contribution in [-0.4, -0.2) is 13.3 Å². The Bertz CT molecular complexity index is 1800. The number of hydrogen-bond acceptors (Lipinski definition) is 3. The van der Waals surface area contributed by atoms with Crippen LogP contribution in [0.3, 0.4) is 0 Å². The van der Waals surface area contributed by atoms with Crippen molar-refractivity contribution in [2.45, 2.75) is 32.4 Å². The van der Waals surface area contributed by atoms with E-state index < -0.39 is 8.32 Å². The van der Waals surface area contributed by atoms with E-state index in [1.54, 1.807) is 0 Å². The fraction of sp³-hybridized carbons (Fsp3) is 0.125. The third-order valence-corrected chi connectivity index (χ3v) is 12.9. The van der Waals surface area contributed by atoms with E-state index in [2.05, 4.69) is 136 Å². The molecule has 1 aromatic heterocycles. The highest BCUT2D eigenvalue weighted by molar-refractivity contribution is 7.00. The van der Waals surface area contributed by atoms with Crippen LogP contribution in [0.2, 0.25) is 5.04 Å². The Morgan fingerprint density at radius 2 is 1.18 bits per heavy atom. The summed E-state index contributed by atoms with van der Waals surface area (Å²) in [6, 6.07) is 50.2. The molecule has 0 amide bonds. The molecule has 3 nitrogen and oxygen atoms in total. The van der Waals surface area contributed by atoms with E-state index in [9.17, 15) is 0 Å². The zero-order valence-corrected chi connectivity index (χ0v) is 26.5. The molecule has 0 atom stereocenters. The van der Waals surface area contributed by atoms with Gasteiger partial charge >= 0.3 is 8.32 Å². The predicted molar refractivity (Wildman–Crippen MR) is 186 cm³/mol. The van der Waals surface area contributed by atoms with Crippen LogP contribution < -0.4 is 19.5 Å². The molecule has 0 saturated heterocycles. The molecule has 4 heteroatoms. The molecule has 0 radical (unpaired) electrons. The number of aromatic nitrogens is 1. The van der Waals surface area contributed by atoms with Gasteiger partial charge in [-0.25, -0.2) is 4.98 Å².